The van der Waals surface area contributed by atoms with Crippen LogP contribution < -0.4 is 10.5 Å². The Morgan fingerprint density at radius 1 is 1.24 bits per heavy atom. The molecule has 3 N–H and O–H groups in total. The standard InChI is InChI=1S/C14H11Cl2FN2O.ClH/c15-9-5-4-8(10(16)6-9)7-20-12-3-1-2-11(17)13(12)14(18)19;/h1-6H,7H2,(H3,18,19);1H. The van der Waals surface area contributed by atoms with E-state index in [9.17, 15) is 4.39 Å². The molecule has 0 spiro atoms. The Labute approximate surface area is 137 Å². The molecule has 21 heavy (non-hydrogen) atoms. The molecule has 0 bridgehead atoms. The van der Waals surface area contributed by atoms with Gasteiger partial charge >= 0.3 is 0 Å². The number of halogens is 4. The number of hydrogen-bond acceptors (Lipinski definition) is 2. The molecular formula is C14H12Cl3FN2O. The van der Waals surface area contributed by atoms with Gasteiger partial charge in [-0.15, -0.1) is 12.4 Å². The van der Waals surface area contributed by atoms with Crippen molar-refractivity contribution >= 4 is 41.4 Å². The van der Waals surface area contributed by atoms with E-state index >= 15 is 0 Å². The first-order valence-electron chi connectivity index (χ1n) is 5.68. The summed E-state index contributed by atoms with van der Waals surface area (Å²) in [5, 5.41) is 8.36. The topological polar surface area (TPSA) is 59.1 Å². The van der Waals surface area contributed by atoms with E-state index in [0.29, 0.717) is 15.6 Å². The summed E-state index contributed by atoms with van der Waals surface area (Å²) in [7, 11) is 0. The molecule has 2 aromatic rings. The van der Waals surface area contributed by atoms with Gasteiger partial charge in [-0.05, 0) is 24.3 Å². The summed E-state index contributed by atoms with van der Waals surface area (Å²) in [6.07, 6.45) is 0. The third-order valence-electron chi connectivity index (χ3n) is 2.64. The number of nitrogen functional groups attached to an aromatic ring is 1. The van der Waals surface area contributed by atoms with Crippen LogP contribution in [0.3, 0.4) is 0 Å². The first-order chi connectivity index (χ1) is 9.49. The number of nitrogens with one attached hydrogen (secondary N) is 1. The van der Waals surface area contributed by atoms with Crippen molar-refractivity contribution in [3.63, 3.8) is 0 Å². The lowest BCUT2D eigenvalue weighted by molar-refractivity contribution is 0.304. The van der Waals surface area contributed by atoms with Gasteiger partial charge in [-0.2, -0.15) is 0 Å². The highest BCUT2D eigenvalue weighted by Gasteiger charge is 2.13. The Kier molecular flexibility index (Phi) is 6.27. The van der Waals surface area contributed by atoms with E-state index in [0.717, 1.165) is 0 Å². The highest BCUT2D eigenvalue weighted by atomic mass is 35.5. The summed E-state index contributed by atoms with van der Waals surface area (Å²) in [6.45, 7) is 0.125. The highest BCUT2D eigenvalue weighted by molar-refractivity contribution is 6.35. The van der Waals surface area contributed by atoms with Crippen LogP contribution in [0.2, 0.25) is 10.0 Å². The molecule has 0 radical (unpaired) electrons. The lowest BCUT2D eigenvalue weighted by atomic mass is 10.1. The number of rotatable bonds is 4. The van der Waals surface area contributed by atoms with Crippen molar-refractivity contribution in [2.75, 3.05) is 0 Å². The average molecular weight is 350 g/mol. The van der Waals surface area contributed by atoms with Gasteiger partial charge < -0.3 is 10.5 Å². The molecule has 0 atom stereocenters. The van der Waals surface area contributed by atoms with Crippen molar-refractivity contribution < 1.29 is 9.13 Å². The van der Waals surface area contributed by atoms with E-state index in [1.165, 1.54) is 12.1 Å². The maximum absolute atomic E-state index is 13.6. The van der Waals surface area contributed by atoms with E-state index in [1.807, 2.05) is 0 Å². The van der Waals surface area contributed by atoms with Gasteiger partial charge in [0, 0.05) is 15.6 Å². The van der Waals surface area contributed by atoms with Crippen LogP contribution in [0.25, 0.3) is 0 Å². The van der Waals surface area contributed by atoms with Gasteiger partial charge in [0.2, 0.25) is 0 Å². The maximum atomic E-state index is 13.6. The molecular weight excluding hydrogens is 338 g/mol. The second kappa shape index (κ2) is 7.50. The lowest BCUT2D eigenvalue weighted by Gasteiger charge is -2.12. The number of ether oxygens (including phenoxy) is 1. The molecule has 112 valence electrons. The molecule has 0 saturated carbocycles. The third kappa shape index (κ3) is 4.24. The zero-order valence-electron chi connectivity index (χ0n) is 10.7. The predicted octanol–water partition coefficient (Wildman–Crippen LogP) is 4.42. The second-order valence-electron chi connectivity index (χ2n) is 4.05. The molecule has 0 aliphatic carbocycles. The Morgan fingerprint density at radius 2 is 1.95 bits per heavy atom. The zero-order chi connectivity index (χ0) is 14.7. The van der Waals surface area contributed by atoms with Gasteiger partial charge in [0.1, 0.15) is 24.0 Å². The minimum Gasteiger partial charge on any atom is -0.488 e. The fourth-order valence-corrected chi connectivity index (χ4v) is 2.14. The molecule has 0 heterocycles. The second-order valence-corrected chi connectivity index (χ2v) is 4.89. The molecule has 3 nitrogen and oxygen atoms in total. The molecule has 0 aromatic heterocycles. The Bertz CT molecular complexity index is 665. The van der Waals surface area contributed by atoms with E-state index in [4.69, 9.17) is 39.1 Å². The molecule has 2 rings (SSSR count). The fourth-order valence-electron chi connectivity index (χ4n) is 1.68. The smallest absolute Gasteiger partial charge is 0.137 e. The van der Waals surface area contributed by atoms with Crippen molar-refractivity contribution in [3.05, 3.63) is 63.4 Å². The zero-order valence-corrected chi connectivity index (χ0v) is 13.0. The number of nitrogens with two attached hydrogens (primary N) is 1. The quantitative estimate of drug-likeness (QED) is 0.634. The largest absolute Gasteiger partial charge is 0.488 e. The molecule has 0 aliphatic rings. The van der Waals surface area contributed by atoms with Crippen molar-refractivity contribution in [3.8, 4) is 5.75 Å². The molecule has 0 fully saturated rings. The molecule has 0 amide bonds. The lowest BCUT2D eigenvalue weighted by Crippen LogP contribution is -2.15. The SMILES string of the molecule is Cl.N=C(N)c1c(F)cccc1OCc1ccc(Cl)cc1Cl. The summed E-state index contributed by atoms with van der Waals surface area (Å²) < 4.78 is 19.1. The molecule has 7 heteroatoms. The van der Waals surface area contributed by atoms with Gasteiger partial charge in [-0.1, -0.05) is 35.3 Å². The van der Waals surface area contributed by atoms with Crippen LogP contribution in [0, 0.1) is 11.2 Å². The predicted molar refractivity (Wildman–Crippen MR) is 85.5 cm³/mol. The number of benzene rings is 2. The summed E-state index contributed by atoms with van der Waals surface area (Å²) >= 11 is 11.8. The Hall–Kier alpha value is -1.49. The molecule has 0 saturated heterocycles. The van der Waals surface area contributed by atoms with Crippen LogP contribution in [0.15, 0.2) is 36.4 Å². The van der Waals surface area contributed by atoms with Gasteiger partial charge in [-0.25, -0.2) is 4.39 Å². The van der Waals surface area contributed by atoms with Crippen LogP contribution in [0.5, 0.6) is 5.75 Å². The molecule has 0 aliphatic heterocycles. The van der Waals surface area contributed by atoms with E-state index in [1.54, 1.807) is 24.3 Å². The van der Waals surface area contributed by atoms with Crippen molar-refractivity contribution in [2.45, 2.75) is 6.61 Å². The average Bonchev–Trinajstić information content (AvgIpc) is 2.37. The Balaban J connectivity index is 0.00000220. The van der Waals surface area contributed by atoms with Crippen molar-refractivity contribution in [2.24, 2.45) is 5.73 Å². The van der Waals surface area contributed by atoms with Crippen LogP contribution in [-0.4, -0.2) is 5.84 Å². The van der Waals surface area contributed by atoms with Crippen LogP contribution >= 0.6 is 35.6 Å². The number of amidine groups is 1. The van der Waals surface area contributed by atoms with Crippen LogP contribution in [0.4, 0.5) is 4.39 Å². The van der Waals surface area contributed by atoms with Gasteiger partial charge in [0.05, 0.1) is 5.56 Å². The minimum absolute atomic E-state index is 0. The van der Waals surface area contributed by atoms with Crippen molar-refractivity contribution in [1.82, 2.24) is 0 Å². The van der Waals surface area contributed by atoms with Gasteiger partial charge in [-0.3, -0.25) is 5.41 Å². The summed E-state index contributed by atoms with van der Waals surface area (Å²) in [5.41, 5.74) is 6.00. The first kappa shape index (κ1) is 17.6. The van der Waals surface area contributed by atoms with E-state index in [2.05, 4.69) is 0 Å². The summed E-state index contributed by atoms with van der Waals surface area (Å²) in [6, 6.07) is 9.25. The highest BCUT2D eigenvalue weighted by Crippen LogP contribution is 2.25. The summed E-state index contributed by atoms with van der Waals surface area (Å²) in [5.74, 6) is -0.791. The minimum atomic E-state index is -0.600. The fraction of sp³-hybridized carbons (Fsp3) is 0.0714. The number of hydrogen-bond donors (Lipinski definition) is 2. The van der Waals surface area contributed by atoms with Gasteiger partial charge in [0.25, 0.3) is 0 Å². The molecule has 0 unspecified atom stereocenters. The van der Waals surface area contributed by atoms with E-state index < -0.39 is 5.82 Å². The maximum Gasteiger partial charge on any atom is 0.137 e. The molecule has 2 aromatic carbocycles. The normalized spacial score (nSPS) is 9.86. The Morgan fingerprint density at radius 3 is 2.57 bits per heavy atom. The summed E-state index contributed by atoms with van der Waals surface area (Å²) in [4.78, 5) is 0. The van der Waals surface area contributed by atoms with Crippen LogP contribution in [-0.2, 0) is 6.61 Å². The first-order valence-corrected chi connectivity index (χ1v) is 6.44. The van der Waals surface area contributed by atoms with Crippen molar-refractivity contribution in [1.29, 1.82) is 5.41 Å². The van der Waals surface area contributed by atoms with E-state index in [-0.39, 0.29) is 36.2 Å². The van der Waals surface area contributed by atoms with Gasteiger partial charge in [0.15, 0.2) is 0 Å². The third-order valence-corrected chi connectivity index (χ3v) is 3.23. The monoisotopic (exact) mass is 348 g/mol. The van der Waals surface area contributed by atoms with Crippen LogP contribution in [0.1, 0.15) is 11.1 Å².